The molecule has 92 valence electrons. The maximum atomic E-state index is 6.54. The minimum absolute atomic E-state index is 0.233. The van der Waals surface area contributed by atoms with Crippen molar-refractivity contribution < 1.29 is 4.74 Å². The first-order valence-corrected chi connectivity index (χ1v) is 7.17. The van der Waals surface area contributed by atoms with E-state index in [0.29, 0.717) is 0 Å². The Bertz CT molecular complexity index is 298. The minimum Gasteiger partial charge on any atom is -0.368 e. The van der Waals surface area contributed by atoms with E-state index in [9.17, 15) is 0 Å². The Morgan fingerprint density at radius 2 is 1.94 bits per heavy atom. The van der Waals surface area contributed by atoms with E-state index >= 15 is 0 Å². The highest BCUT2D eigenvalue weighted by molar-refractivity contribution is 5.13. The van der Waals surface area contributed by atoms with Crippen molar-refractivity contribution in [2.75, 3.05) is 0 Å². The van der Waals surface area contributed by atoms with Crippen molar-refractivity contribution in [1.82, 2.24) is 0 Å². The molecule has 16 heavy (non-hydrogen) atoms. The molecule has 0 radical (unpaired) electrons. The topological polar surface area (TPSA) is 9.23 Å². The first-order valence-electron chi connectivity index (χ1n) is 7.17. The van der Waals surface area contributed by atoms with Crippen LogP contribution in [0, 0.1) is 23.7 Å². The molecule has 1 heteroatoms. The van der Waals surface area contributed by atoms with E-state index in [4.69, 9.17) is 4.74 Å². The van der Waals surface area contributed by atoms with Gasteiger partial charge < -0.3 is 4.74 Å². The number of hydrogen-bond donors (Lipinski definition) is 0. The zero-order chi connectivity index (χ0) is 11.6. The number of fused-ring (bicyclic) bond motifs is 1. The summed E-state index contributed by atoms with van der Waals surface area (Å²) in [6, 6.07) is 0. The first-order chi connectivity index (χ1) is 7.47. The van der Waals surface area contributed by atoms with Crippen LogP contribution in [0.15, 0.2) is 0 Å². The summed E-state index contributed by atoms with van der Waals surface area (Å²) in [5.41, 5.74) is 0.512. The third-order valence-corrected chi connectivity index (χ3v) is 5.90. The van der Waals surface area contributed by atoms with Crippen molar-refractivity contribution in [2.24, 2.45) is 23.7 Å². The predicted octanol–water partition coefficient (Wildman–Crippen LogP) is 4.02. The normalized spacial score (nSPS) is 55.7. The van der Waals surface area contributed by atoms with Crippen molar-refractivity contribution in [2.45, 2.75) is 71.0 Å². The van der Waals surface area contributed by atoms with E-state index in [2.05, 4.69) is 27.7 Å². The van der Waals surface area contributed by atoms with Crippen molar-refractivity contribution in [3.05, 3.63) is 0 Å². The van der Waals surface area contributed by atoms with Crippen LogP contribution in [0.4, 0.5) is 0 Å². The van der Waals surface area contributed by atoms with Gasteiger partial charge in [0.25, 0.3) is 0 Å². The second kappa shape index (κ2) is 3.25. The summed E-state index contributed by atoms with van der Waals surface area (Å²) >= 11 is 0. The molecule has 2 aliphatic heterocycles. The Morgan fingerprint density at radius 1 is 1.19 bits per heavy atom. The lowest BCUT2D eigenvalue weighted by atomic mass is 9.57. The fourth-order valence-corrected chi connectivity index (χ4v) is 4.98. The van der Waals surface area contributed by atoms with Crippen LogP contribution in [-0.2, 0) is 4.74 Å². The smallest absolute Gasteiger partial charge is 0.0748 e. The van der Waals surface area contributed by atoms with Crippen LogP contribution < -0.4 is 0 Å². The molecule has 3 fully saturated rings. The average molecular weight is 222 g/mol. The molecule has 0 unspecified atom stereocenters. The summed E-state index contributed by atoms with van der Waals surface area (Å²) in [5.74, 6) is 3.39. The largest absolute Gasteiger partial charge is 0.368 e. The third kappa shape index (κ3) is 1.27. The van der Waals surface area contributed by atoms with E-state index in [-0.39, 0.29) is 11.2 Å². The molecule has 1 saturated carbocycles. The summed E-state index contributed by atoms with van der Waals surface area (Å²) < 4.78 is 6.54. The molecular formula is C15H26O. The van der Waals surface area contributed by atoms with Gasteiger partial charge in [-0.1, -0.05) is 20.8 Å². The first kappa shape index (κ1) is 11.1. The zero-order valence-electron chi connectivity index (χ0n) is 11.3. The van der Waals surface area contributed by atoms with Crippen molar-refractivity contribution >= 4 is 0 Å². The van der Waals surface area contributed by atoms with Gasteiger partial charge in [0.1, 0.15) is 0 Å². The van der Waals surface area contributed by atoms with Gasteiger partial charge in [0.15, 0.2) is 0 Å². The molecular weight excluding hydrogens is 196 g/mol. The Hall–Kier alpha value is -0.0400. The predicted molar refractivity (Wildman–Crippen MR) is 66.3 cm³/mol. The monoisotopic (exact) mass is 222 g/mol. The molecule has 3 aliphatic rings. The summed E-state index contributed by atoms with van der Waals surface area (Å²) in [6.45, 7) is 9.59. The van der Waals surface area contributed by atoms with E-state index in [1.165, 1.54) is 32.1 Å². The molecule has 5 atom stereocenters. The molecule has 0 aromatic heterocycles. The lowest BCUT2D eigenvalue weighted by molar-refractivity contribution is -0.112. The van der Waals surface area contributed by atoms with Crippen LogP contribution in [0.1, 0.15) is 59.8 Å². The van der Waals surface area contributed by atoms with Crippen LogP contribution in [0.5, 0.6) is 0 Å². The van der Waals surface area contributed by atoms with Gasteiger partial charge in [0, 0.05) is 0 Å². The molecule has 0 amide bonds. The fraction of sp³-hybridized carbons (Fsp3) is 1.00. The molecule has 0 N–H and O–H groups in total. The molecule has 2 saturated heterocycles. The lowest BCUT2D eigenvalue weighted by Gasteiger charge is -2.48. The van der Waals surface area contributed by atoms with Crippen molar-refractivity contribution in [3.63, 3.8) is 0 Å². The van der Waals surface area contributed by atoms with Crippen molar-refractivity contribution in [1.29, 1.82) is 0 Å². The van der Waals surface area contributed by atoms with E-state index in [1.54, 1.807) is 0 Å². The summed E-state index contributed by atoms with van der Waals surface area (Å²) in [6.07, 6.45) is 6.79. The van der Waals surface area contributed by atoms with Gasteiger partial charge in [-0.05, 0) is 62.7 Å². The van der Waals surface area contributed by atoms with E-state index in [1.807, 2.05) is 0 Å². The Morgan fingerprint density at radius 3 is 2.56 bits per heavy atom. The van der Waals surface area contributed by atoms with Crippen LogP contribution in [-0.4, -0.2) is 11.2 Å². The fourth-order valence-electron chi connectivity index (χ4n) is 4.98. The SMILES string of the molecule is CC(C)[C@@H]1CC[C@@H](C)[C@]23CC[C@@](C)(C[C@@H]12)O3. The highest BCUT2D eigenvalue weighted by Crippen LogP contribution is 2.63. The number of rotatable bonds is 1. The van der Waals surface area contributed by atoms with E-state index < -0.39 is 0 Å². The number of hydrogen-bond acceptors (Lipinski definition) is 1. The highest BCUT2D eigenvalue weighted by atomic mass is 16.5. The maximum absolute atomic E-state index is 6.54. The standard InChI is InChI=1S/C15H26O/c1-10(2)12-6-5-11(3)15-8-7-14(4,16-15)9-13(12)15/h10-13H,5-9H2,1-4H3/t11-,12+,13+,14+,15-/m1/s1. The van der Waals surface area contributed by atoms with Gasteiger partial charge in [-0.15, -0.1) is 0 Å². The van der Waals surface area contributed by atoms with E-state index in [0.717, 1.165) is 23.7 Å². The second-order valence-electron chi connectivity index (χ2n) is 7.20. The van der Waals surface area contributed by atoms with Crippen LogP contribution in [0.3, 0.4) is 0 Å². The van der Waals surface area contributed by atoms with Gasteiger partial charge >= 0.3 is 0 Å². The quantitative estimate of drug-likeness (QED) is 0.651. The van der Waals surface area contributed by atoms with Crippen molar-refractivity contribution in [3.8, 4) is 0 Å². The van der Waals surface area contributed by atoms with Gasteiger partial charge in [-0.25, -0.2) is 0 Å². The van der Waals surface area contributed by atoms with Crippen LogP contribution in [0.2, 0.25) is 0 Å². The highest BCUT2D eigenvalue weighted by Gasteiger charge is 2.64. The minimum atomic E-state index is 0.233. The molecule has 1 spiro atoms. The maximum Gasteiger partial charge on any atom is 0.0748 e. The van der Waals surface area contributed by atoms with Gasteiger partial charge in [0.2, 0.25) is 0 Å². The molecule has 1 nitrogen and oxygen atoms in total. The molecule has 2 heterocycles. The molecule has 0 aromatic carbocycles. The summed E-state index contributed by atoms with van der Waals surface area (Å²) in [5, 5.41) is 0. The summed E-state index contributed by atoms with van der Waals surface area (Å²) in [4.78, 5) is 0. The summed E-state index contributed by atoms with van der Waals surface area (Å²) in [7, 11) is 0. The zero-order valence-corrected chi connectivity index (χ0v) is 11.3. The van der Waals surface area contributed by atoms with Crippen LogP contribution >= 0.6 is 0 Å². The lowest BCUT2D eigenvalue weighted by Crippen LogP contribution is -2.48. The number of ether oxygens (including phenoxy) is 1. The Balaban J connectivity index is 1.95. The molecule has 1 aliphatic carbocycles. The molecule has 0 aromatic rings. The molecule has 2 bridgehead atoms. The average Bonchev–Trinajstić information content (AvgIpc) is 2.69. The third-order valence-electron chi connectivity index (χ3n) is 5.90. The van der Waals surface area contributed by atoms with Gasteiger partial charge in [-0.3, -0.25) is 0 Å². The van der Waals surface area contributed by atoms with Gasteiger partial charge in [0.05, 0.1) is 11.2 Å². The van der Waals surface area contributed by atoms with Gasteiger partial charge in [-0.2, -0.15) is 0 Å². The second-order valence-corrected chi connectivity index (χ2v) is 7.20. The van der Waals surface area contributed by atoms with Crippen LogP contribution in [0.25, 0.3) is 0 Å². The molecule has 3 rings (SSSR count). The Labute approximate surface area is 99.9 Å². The Kier molecular flexibility index (Phi) is 2.25.